The zero-order valence-corrected chi connectivity index (χ0v) is 12.5. The van der Waals surface area contributed by atoms with Crippen molar-refractivity contribution in [2.75, 3.05) is 19.7 Å². The number of amides is 1. The second-order valence-corrected chi connectivity index (χ2v) is 5.87. The molecule has 1 aromatic rings. The smallest absolute Gasteiger partial charge is 0.310 e. The van der Waals surface area contributed by atoms with Crippen molar-refractivity contribution in [3.05, 3.63) is 24.0 Å². The molecule has 0 spiro atoms. The van der Waals surface area contributed by atoms with Crippen LogP contribution < -0.4 is 0 Å². The van der Waals surface area contributed by atoms with Crippen molar-refractivity contribution in [3.8, 4) is 0 Å². The summed E-state index contributed by atoms with van der Waals surface area (Å²) in [4.78, 5) is 26.4. The van der Waals surface area contributed by atoms with Crippen LogP contribution in [0.2, 0.25) is 0 Å². The Morgan fingerprint density at radius 2 is 2.14 bits per heavy atom. The lowest BCUT2D eigenvalue weighted by molar-refractivity contribution is -0.149. The van der Waals surface area contributed by atoms with E-state index in [-0.39, 0.29) is 17.8 Å². The molecule has 5 heteroatoms. The molecule has 3 rings (SSSR count). The highest BCUT2D eigenvalue weighted by Gasteiger charge is 2.32. The molecule has 0 N–H and O–H groups in total. The maximum absolute atomic E-state index is 12.7. The van der Waals surface area contributed by atoms with Crippen LogP contribution in [-0.2, 0) is 9.53 Å². The molecule has 114 valence electrons. The Morgan fingerprint density at radius 3 is 2.86 bits per heavy atom. The summed E-state index contributed by atoms with van der Waals surface area (Å²) in [7, 11) is 0. The Morgan fingerprint density at radius 1 is 1.33 bits per heavy atom. The van der Waals surface area contributed by atoms with Crippen LogP contribution in [0.3, 0.4) is 0 Å². The fourth-order valence-corrected chi connectivity index (χ4v) is 3.02. The minimum Gasteiger partial charge on any atom is -0.466 e. The molecule has 0 unspecified atom stereocenters. The van der Waals surface area contributed by atoms with Gasteiger partial charge in [0.1, 0.15) is 5.69 Å². The predicted molar refractivity (Wildman–Crippen MR) is 78.0 cm³/mol. The van der Waals surface area contributed by atoms with E-state index in [2.05, 4.69) is 4.57 Å². The maximum Gasteiger partial charge on any atom is 0.310 e. The number of likely N-dealkylation sites (tertiary alicyclic amines) is 1. The van der Waals surface area contributed by atoms with Crippen molar-refractivity contribution < 1.29 is 14.3 Å². The summed E-state index contributed by atoms with van der Waals surface area (Å²) in [5, 5.41) is 0. The average Bonchev–Trinajstić information content (AvgIpc) is 3.24. The van der Waals surface area contributed by atoms with Crippen LogP contribution in [0.1, 0.15) is 49.1 Å². The molecule has 1 atom stereocenters. The number of piperidine rings is 1. The quantitative estimate of drug-likeness (QED) is 0.799. The molecule has 0 radical (unpaired) electrons. The third kappa shape index (κ3) is 2.96. The van der Waals surface area contributed by atoms with Gasteiger partial charge in [-0.1, -0.05) is 0 Å². The van der Waals surface area contributed by atoms with Crippen LogP contribution in [0.5, 0.6) is 0 Å². The highest BCUT2D eigenvalue weighted by molar-refractivity contribution is 5.93. The lowest BCUT2D eigenvalue weighted by Crippen LogP contribution is -2.43. The largest absolute Gasteiger partial charge is 0.466 e. The van der Waals surface area contributed by atoms with Gasteiger partial charge in [-0.15, -0.1) is 0 Å². The van der Waals surface area contributed by atoms with Gasteiger partial charge >= 0.3 is 5.97 Å². The zero-order chi connectivity index (χ0) is 14.8. The van der Waals surface area contributed by atoms with Crippen LogP contribution >= 0.6 is 0 Å². The molecule has 1 aliphatic heterocycles. The summed E-state index contributed by atoms with van der Waals surface area (Å²) in [6.45, 7) is 3.41. The Labute approximate surface area is 124 Å². The van der Waals surface area contributed by atoms with E-state index in [1.165, 1.54) is 0 Å². The lowest BCUT2D eigenvalue weighted by atomic mass is 9.98. The number of carbonyl (C=O) groups excluding carboxylic acids is 2. The van der Waals surface area contributed by atoms with Crippen molar-refractivity contribution in [3.63, 3.8) is 0 Å². The van der Waals surface area contributed by atoms with E-state index in [1.54, 1.807) is 4.90 Å². The Bertz CT molecular complexity index is 533. The lowest BCUT2D eigenvalue weighted by Gasteiger charge is -2.31. The van der Waals surface area contributed by atoms with E-state index < -0.39 is 0 Å². The molecule has 0 bridgehead atoms. The van der Waals surface area contributed by atoms with Crippen molar-refractivity contribution in [2.24, 2.45) is 5.92 Å². The molecule has 2 fully saturated rings. The van der Waals surface area contributed by atoms with Gasteiger partial charge in [0, 0.05) is 25.3 Å². The van der Waals surface area contributed by atoms with Gasteiger partial charge in [0.15, 0.2) is 0 Å². The molecular weight excluding hydrogens is 268 g/mol. The second-order valence-electron chi connectivity index (χ2n) is 5.87. The van der Waals surface area contributed by atoms with Crippen LogP contribution in [-0.4, -0.2) is 41.0 Å². The summed E-state index contributed by atoms with van der Waals surface area (Å²) in [5.41, 5.74) is 0.752. The van der Waals surface area contributed by atoms with Gasteiger partial charge < -0.3 is 14.2 Å². The first-order valence-corrected chi connectivity index (χ1v) is 7.83. The minimum atomic E-state index is -0.174. The molecule has 0 aromatic carbocycles. The van der Waals surface area contributed by atoms with Gasteiger partial charge in [-0.05, 0) is 44.7 Å². The van der Waals surface area contributed by atoms with E-state index in [1.807, 2.05) is 25.3 Å². The predicted octanol–water partition coefficient (Wildman–Crippen LogP) is 2.24. The maximum atomic E-state index is 12.7. The summed E-state index contributed by atoms with van der Waals surface area (Å²) in [6, 6.07) is 4.30. The molecule has 1 aromatic heterocycles. The molecule has 1 amide bonds. The first kappa shape index (κ1) is 14.2. The second kappa shape index (κ2) is 5.92. The summed E-state index contributed by atoms with van der Waals surface area (Å²) in [5.74, 6) is -0.305. The number of esters is 1. The number of ether oxygens (including phenoxy) is 1. The first-order valence-electron chi connectivity index (χ1n) is 7.83. The van der Waals surface area contributed by atoms with E-state index in [0.717, 1.165) is 37.9 Å². The van der Waals surface area contributed by atoms with Crippen molar-refractivity contribution in [1.82, 2.24) is 9.47 Å². The van der Waals surface area contributed by atoms with Gasteiger partial charge in [-0.3, -0.25) is 9.59 Å². The summed E-state index contributed by atoms with van der Waals surface area (Å²) >= 11 is 0. The molecule has 5 nitrogen and oxygen atoms in total. The molecule has 1 saturated carbocycles. The summed E-state index contributed by atoms with van der Waals surface area (Å²) in [6.07, 6.45) is 5.96. The van der Waals surface area contributed by atoms with Gasteiger partial charge in [0.2, 0.25) is 0 Å². The molecule has 2 aliphatic rings. The van der Waals surface area contributed by atoms with Crippen LogP contribution in [0.15, 0.2) is 18.3 Å². The zero-order valence-electron chi connectivity index (χ0n) is 12.5. The molecule has 1 aliphatic carbocycles. The van der Waals surface area contributed by atoms with Gasteiger partial charge in [-0.2, -0.15) is 0 Å². The number of hydrogen-bond acceptors (Lipinski definition) is 3. The number of nitrogens with zero attached hydrogens (tertiary/aromatic N) is 2. The van der Waals surface area contributed by atoms with Crippen LogP contribution in [0, 0.1) is 5.92 Å². The Kier molecular flexibility index (Phi) is 3.99. The normalized spacial score (nSPS) is 22.1. The minimum absolute atomic E-state index is 0.0425. The summed E-state index contributed by atoms with van der Waals surface area (Å²) < 4.78 is 7.17. The molecular formula is C16H22N2O3. The topological polar surface area (TPSA) is 51.5 Å². The highest BCUT2D eigenvalue weighted by Crippen LogP contribution is 2.36. The van der Waals surface area contributed by atoms with Gasteiger partial charge in [-0.25, -0.2) is 0 Å². The van der Waals surface area contributed by atoms with Crippen molar-refractivity contribution in [1.29, 1.82) is 0 Å². The average molecular weight is 290 g/mol. The fraction of sp³-hybridized carbons (Fsp3) is 0.625. The number of aromatic nitrogens is 1. The molecule has 1 saturated heterocycles. The Hall–Kier alpha value is -1.78. The first-order chi connectivity index (χ1) is 10.2. The van der Waals surface area contributed by atoms with E-state index >= 15 is 0 Å². The number of rotatable bonds is 4. The van der Waals surface area contributed by atoms with Gasteiger partial charge in [0.05, 0.1) is 12.5 Å². The fourth-order valence-electron chi connectivity index (χ4n) is 3.02. The van der Waals surface area contributed by atoms with Crippen LogP contribution in [0.25, 0.3) is 0 Å². The third-order valence-corrected chi connectivity index (χ3v) is 4.27. The SMILES string of the molecule is CCOC(=O)[C@H]1CCCN(C(=O)c2cccn2C2CC2)C1. The van der Waals surface area contributed by atoms with E-state index in [9.17, 15) is 9.59 Å². The van der Waals surface area contributed by atoms with Crippen molar-refractivity contribution >= 4 is 11.9 Å². The number of carbonyl (C=O) groups is 2. The van der Waals surface area contributed by atoms with Crippen LogP contribution in [0.4, 0.5) is 0 Å². The molecule has 2 heterocycles. The standard InChI is InChI=1S/C16H22N2O3/c1-2-21-16(20)12-5-3-9-17(11-12)15(19)14-6-4-10-18(14)13-7-8-13/h4,6,10,12-13H,2-3,5,7-9,11H2,1H3/t12-/m0/s1. The van der Waals surface area contributed by atoms with Crippen molar-refractivity contribution in [2.45, 2.75) is 38.6 Å². The van der Waals surface area contributed by atoms with E-state index in [4.69, 9.17) is 4.74 Å². The van der Waals surface area contributed by atoms with Gasteiger partial charge in [0.25, 0.3) is 5.91 Å². The number of hydrogen-bond donors (Lipinski definition) is 0. The monoisotopic (exact) mass is 290 g/mol. The Balaban J connectivity index is 1.69. The van der Waals surface area contributed by atoms with E-state index in [0.29, 0.717) is 19.2 Å². The highest BCUT2D eigenvalue weighted by atomic mass is 16.5. The molecule has 21 heavy (non-hydrogen) atoms. The third-order valence-electron chi connectivity index (χ3n) is 4.27.